The number of carbonyl (C=O) groups is 2. The summed E-state index contributed by atoms with van der Waals surface area (Å²) in [6, 6.07) is 0. The van der Waals surface area contributed by atoms with E-state index < -0.39 is 5.41 Å². The average Bonchev–Trinajstić information content (AvgIpc) is 2.53. The Morgan fingerprint density at radius 3 is 3.00 bits per heavy atom. The van der Waals surface area contributed by atoms with Crippen LogP contribution in [0.5, 0.6) is 0 Å². The summed E-state index contributed by atoms with van der Waals surface area (Å²) < 4.78 is 0. The summed E-state index contributed by atoms with van der Waals surface area (Å²) in [5.74, 6) is 0.288. The molecule has 0 aromatic rings. The van der Waals surface area contributed by atoms with Crippen LogP contribution in [-0.4, -0.2) is 36.3 Å². The molecule has 17 heavy (non-hydrogen) atoms. The minimum atomic E-state index is -0.464. The van der Waals surface area contributed by atoms with Gasteiger partial charge in [0, 0.05) is 56.5 Å². The zero-order chi connectivity index (χ0) is 12.0. The fourth-order valence-corrected chi connectivity index (χ4v) is 3.03. The van der Waals surface area contributed by atoms with E-state index in [9.17, 15) is 9.59 Å². The molecule has 4 heteroatoms. The van der Waals surface area contributed by atoms with Gasteiger partial charge in [0.2, 0.25) is 0 Å². The molecular formula is C13H14N2O2. The van der Waals surface area contributed by atoms with E-state index in [1.165, 1.54) is 0 Å². The van der Waals surface area contributed by atoms with Crippen LogP contribution in [0, 0.1) is 5.41 Å². The van der Waals surface area contributed by atoms with Crippen molar-refractivity contribution < 1.29 is 9.59 Å². The van der Waals surface area contributed by atoms with Crippen molar-refractivity contribution in [2.24, 2.45) is 10.4 Å². The van der Waals surface area contributed by atoms with Gasteiger partial charge in [-0.1, -0.05) is 6.08 Å². The van der Waals surface area contributed by atoms with Gasteiger partial charge in [0.1, 0.15) is 5.78 Å². The second kappa shape index (κ2) is 3.39. The summed E-state index contributed by atoms with van der Waals surface area (Å²) in [6.07, 6.45) is 6.63. The van der Waals surface area contributed by atoms with Crippen LogP contribution in [0.1, 0.15) is 19.3 Å². The third-order valence-corrected chi connectivity index (χ3v) is 3.70. The van der Waals surface area contributed by atoms with Crippen LogP contribution in [0.2, 0.25) is 0 Å². The lowest BCUT2D eigenvalue weighted by atomic mass is 9.70. The molecule has 0 radical (unpaired) electrons. The maximum atomic E-state index is 12.1. The van der Waals surface area contributed by atoms with Gasteiger partial charge in [-0.2, -0.15) is 0 Å². The molecule has 3 aliphatic rings. The van der Waals surface area contributed by atoms with E-state index in [1.54, 1.807) is 6.21 Å². The molecule has 4 nitrogen and oxygen atoms in total. The van der Waals surface area contributed by atoms with Crippen LogP contribution < -0.4 is 0 Å². The van der Waals surface area contributed by atoms with Crippen LogP contribution in [0.15, 0.2) is 28.5 Å². The molecule has 0 aromatic heterocycles. The standard InChI is InChI=1S/C13H14N2O2/c1-15-7-10-11(17)4-5-14-12-3-2-9(16)6-13(10,12)8-15/h3,5,7H,2,4,6,8H2,1H3. The van der Waals surface area contributed by atoms with Crippen molar-refractivity contribution in [3.8, 4) is 0 Å². The summed E-state index contributed by atoms with van der Waals surface area (Å²) in [6.45, 7) is 0.684. The first-order valence-corrected chi connectivity index (χ1v) is 5.82. The number of allylic oxidation sites excluding steroid dienone is 1. The lowest BCUT2D eigenvalue weighted by molar-refractivity contribution is -0.120. The molecule has 2 heterocycles. The molecule has 1 aliphatic carbocycles. The van der Waals surface area contributed by atoms with Gasteiger partial charge in [-0.05, 0) is 0 Å². The summed E-state index contributed by atoms with van der Waals surface area (Å²) in [4.78, 5) is 30.2. The van der Waals surface area contributed by atoms with E-state index in [2.05, 4.69) is 4.99 Å². The number of carbonyl (C=O) groups excluding carboxylic acids is 2. The van der Waals surface area contributed by atoms with Crippen molar-refractivity contribution in [3.63, 3.8) is 0 Å². The molecule has 1 spiro atoms. The minimum absolute atomic E-state index is 0.0937. The summed E-state index contributed by atoms with van der Waals surface area (Å²) >= 11 is 0. The summed E-state index contributed by atoms with van der Waals surface area (Å²) in [5.41, 5.74) is 1.20. The zero-order valence-electron chi connectivity index (χ0n) is 9.77. The highest BCUT2D eigenvalue weighted by Gasteiger charge is 2.49. The van der Waals surface area contributed by atoms with Crippen molar-refractivity contribution in [1.82, 2.24) is 4.90 Å². The van der Waals surface area contributed by atoms with Crippen LogP contribution in [0.3, 0.4) is 0 Å². The van der Waals surface area contributed by atoms with Crippen molar-refractivity contribution in [1.29, 1.82) is 0 Å². The second-order valence-electron chi connectivity index (χ2n) is 4.99. The lowest BCUT2D eigenvalue weighted by Gasteiger charge is -2.33. The van der Waals surface area contributed by atoms with Gasteiger partial charge in [-0.15, -0.1) is 0 Å². The maximum Gasteiger partial charge on any atom is 0.166 e. The predicted molar refractivity (Wildman–Crippen MR) is 63.6 cm³/mol. The molecule has 0 fully saturated rings. The summed E-state index contributed by atoms with van der Waals surface area (Å²) in [5, 5.41) is 0. The van der Waals surface area contributed by atoms with E-state index in [1.807, 2.05) is 24.2 Å². The Kier molecular flexibility index (Phi) is 2.08. The highest BCUT2D eigenvalue weighted by molar-refractivity contribution is 6.07. The Labute approximate surface area is 99.7 Å². The number of ketones is 2. The molecule has 0 saturated heterocycles. The lowest BCUT2D eigenvalue weighted by Crippen LogP contribution is -2.36. The molecule has 0 saturated carbocycles. The summed E-state index contributed by atoms with van der Waals surface area (Å²) in [7, 11) is 1.93. The van der Waals surface area contributed by atoms with Crippen molar-refractivity contribution in [3.05, 3.63) is 23.5 Å². The quantitative estimate of drug-likeness (QED) is 0.626. The number of nitrogens with zero attached hydrogens (tertiary/aromatic N) is 2. The van der Waals surface area contributed by atoms with E-state index in [0.29, 0.717) is 25.8 Å². The molecule has 1 unspecified atom stereocenters. The van der Waals surface area contributed by atoms with E-state index >= 15 is 0 Å². The fourth-order valence-electron chi connectivity index (χ4n) is 3.03. The van der Waals surface area contributed by atoms with Crippen molar-refractivity contribution >= 4 is 17.8 Å². The second-order valence-corrected chi connectivity index (χ2v) is 4.99. The number of hydrogen-bond acceptors (Lipinski definition) is 4. The first-order chi connectivity index (χ1) is 8.12. The van der Waals surface area contributed by atoms with Gasteiger partial charge in [-0.3, -0.25) is 14.6 Å². The highest BCUT2D eigenvalue weighted by atomic mass is 16.1. The molecule has 3 rings (SSSR count). The van der Waals surface area contributed by atoms with Gasteiger partial charge >= 0.3 is 0 Å². The van der Waals surface area contributed by atoms with Gasteiger partial charge in [0.05, 0.1) is 5.41 Å². The number of aliphatic imine (C=N–C) groups is 1. The molecule has 2 aliphatic heterocycles. The predicted octanol–water partition coefficient (Wildman–Crippen LogP) is 1.09. The van der Waals surface area contributed by atoms with E-state index in [-0.39, 0.29) is 11.6 Å². The highest BCUT2D eigenvalue weighted by Crippen LogP contribution is 2.48. The van der Waals surface area contributed by atoms with Gasteiger partial charge in [0.15, 0.2) is 5.78 Å². The largest absolute Gasteiger partial charge is 0.379 e. The van der Waals surface area contributed by atoms with Crippen LogP contribution in [-0.2, 0) is 9.59 Å². The van der Waals surface area contributed by atoms with E-state index in [4.69, 9.17) is 0 Å². The minimum Gasteiger partial charge on any atom is -0.379 e. The molecular weight excluding hydrogens is 216 g/mol. The molecule has 1 atom stereocenters. The number of rotatable bonds is 0. The third kappa shape index (κ3) is 1.40. The molecule has 0 N–H and O–H groups in total. The van der Waals surface area contributed by atoms with Gasteiger partial charge in [0.25, 0.3) is 0 Å². The molecule has 0 bridgehead atoms. The number of Topliss-reactive ketones (excluding diaryl/α,β-unsaturated/α-hetero) is 2. The maximum absolute atomic E-state index is 12.1. The van der Waals surface area contributed by atoms with Crippen molar-refractivity contribution in [2.45, 2.75) is 19.3 Å². The SMILES string of the molecule is CN1C=C2C(=O)CC=NC3=CCC(=O)CC32C1. The average molecular weight is 230 g/mol. The Morgan fingerprint density at radius 2 is 2.18 bits per heavy atom. The first kappa shape index (κ1) is 10.4. The Hall–Kier alpha value is -1.71. The molecule has 88 valence electrons. The van der Waals surface area contributed by atoms with E-state index in [0.717, 1.165) is 11.3 Å². The molecule has 0 amide bonds. The smallest absolute Gasteiger partial charge is 0.166 e. The number of hydrogen-bond donors (Lipinski definition) is 0. The van der Waals surface area contributed by atoms with Crippen LogP contribution in [0.4, 0.5) is 0 Å². The van der Waals surface area contributed by atoms with Crippen molar-refractivity contribution in [2.75, 3.05) is 13.6 Å². The first-order valence-electron chi connectivity index (χ1n) is 5.82. The Morgan fingerprint density at radius 1 is 1.35 bits per heavy atom. The van der Waals surface area contributed by atoms with Crippen LogP contribution >= 0.6 is 0 Å². The van der Waals surface area contributed by atoms with Gasteiger partial charge < -0.3 is 4.90 Å². The van der Waals surface area contributed by atoms with Gasteiger partial charge in [-0.25, -0.2) is 0 Å². The third-order valence-electron chi connectivity index (χ3n) is 3.70. The Bertz CT molecular complexity index is 502. The zero-order valence-corrected chi connectivity index (χ0v) is 9.77. The fraction of sp³-hybridized carbons (Fsp3) is 0.462. The normalized spacial score (nSPS) is 31.7. The monoisotopic (exact) mass is 230 g/mol. The molecule has 0 aromatic carbocycles. The Balaban J connectivity index is 2.18. The topological polar surface area (TPSA) is 49.7 Å². The van der Waals surface area contributed by atoms with Crippen LogP contribution in [0.25, 0.3) is 0 Å².